The Labute approximate surface area is 193 Å². The number of hydrogen-bond donors (Lipinski definition) is 4. The van der Waals surface area contributed by atoms with Gasteiger partial charge >= 0.3 is 0 Å². The van der Waals surface area contributed by atoms with Crippen molar-refractivity contribution in [2.75, 3.05) is 16.8 Å². The van der Waals surface area contributed by atoms with Gasteiger partial charge in [0.2, 0.25) is 5.91 Å². The first-order valence-electron chi connectivity index (χ1n) is 10.9. The van der Waals surface area contributed by atoms with Crippen molar-refractivity contribution in [3.05, 3.63) is 65.1 Å². The summed E-state index contributed by atoms with van der Waals surface area (Å²) in [5.74, 6) is 0.615. The summed E-state index contributed by atoms with van der Waals surface area (Å²) in [6.07, 6.45) is 5.15. The lowest BCUT2D eigenvalue weighted by molar-refractivity contribution is -0.120. The molecule has 1 aliphatic heterocycles. The molecule has 0 atom stereocenters. The first-order valence-corrected chi connectivity index (χ1v) is 10.9. The molecular formula is C25H29N7O. The number of rotatable bonds is 5. The van der Waals surface area contributed by atoms with Crippen LogP contribution in [-0.2, 0) is 17.8 Å². The number of fused-ring (bicyclic) bond motifs is 2. The van der Waals surface area contributed by atoms with Gasteiger partial charge in [-0.2, -0.15) is 0 Å². The van der Waals surface area contributed by atoms with Crippen LogP contribution in [0, 0.1) is 12.3 Å². The number of nitrogens with two attached hydrogens (primary N) is 2. The molecule has 0 saturated heterocycles. The van der Waals surface area contributed by atoms with Crippen molar-refractivity contribution >= 4 is 40.1 Å². The van der Waals surface area contributed by atoms with E-state index in [1.54, 1.807) is 20.2 Å². The van der Waals surface area contributed by atoms with E-state index < -0.39 is 5.54 Å². The van der Waals surface area contributed by atoms with Gasteiger partial charge in [-0.25, -0.2) is 9.97 Å². The SMILES string of the molecule is Cc1cc(/C(C=N)=C/N)cc2c(N3CCc4ccc(NC(=O)C(C)(C)N)cc4C3)ncnc12. The van der Waals surface area contributed by atoms with E-state index in [1.807, 2.05) is 31.2 Å². The summed E-state index contributed by atoms with van der Waals surface area (Å²) < 4.78 is 0. The Morgan fingerprint density at radius 1 is 1.21 bits per heavy atom. The van der Waals surface area contributed by atoms with E-state index >= 15 is 0 Å². The summed E-state index contributed by atoms with van der Waals surface area (Å²) in [5.41, 5.74) is 17.2. The van der Waals surface area contributed by atoms with Crippen molar-refractivity contribution in [3.63, 3.8) is 0 Å². The van der Waals surface area contributed by atoms with Crippen LogP contribution in [0.4, 0.5) is 11.5 Å². The lowest BCUT2D eigenvalue weighted by Gasteiger charge is -2.31. The molecule has 2 heterocycles. The number of carbonyl (C=O) groups is 1. The smallest absolute Gasteiger partial charge is 0.243 e. The van der Waals surface area contributed by atoms with E-state index in [0.717, 1.165) is 52.1 Å². The molecular weight excluding hydrogens is 414 g/mol. The molecule has 0 fully saturated rings. The van der Waals surface area contributed by atoms with Gasteiger partial charge in [-0.3, -0.25) is 4.79 Å². The molecule has 0 bridgehead atoms. The van der Waals surface area contributed by atoms with Crippen molar-refractivity contribution in [2.45, 2.75) is 39.3 Å². The molecule has 1 aliphatic rings. The summed E-state index contributed by atoms with van der Waals surface area (Å²) in [6, 6.07) is 9.98. The predicted molar refractivity (Wildman–Crippen MR) is 133 cm³/mol. The molecule has 3 aromatic rings. The summed E-state index contributed by atoms with van der Waals surface area (Å²) in [4.78, 5) is 23.7. The standard InChI is InChI=1S/C25H29N7O/c1-15-8-17(19(11-26)12-27)10-21-22(15)29-14-30-23(21)32-7-6-16-4-5-20(9-18(16)13-32)31-24(33)25(2,3)28/h4-5,8-12,14,26H,6-7,13,27-28H2,1-3H3,(H,31,33)/b19-12+,26-11?. The molecule has 0 spiro atoms. The van der Waals surface area contributed by atoms with Crippen LogP contribution in [0.15, 0.2) is 42.9 Å². The normalized spacial score (nSPS) is 14.2. The van der Waals surface area contributed by atoms with Crippen molar-refractivity contribution in [1.29, 1.82) is 5.41 Å². The maximum atomic E-state index is 12.3. The first-order chi connectivity index (χ1) is 15.7. The quantitative estimate of drug-likeness (QED) is 0.448. The van der Waals surface area contributed by atoms with Gasteiger partial charge in [-0.05, 0) is 73.7 Å². The number of anilines is 2. The first kappa shape index (κ1) is 22.4. The third-order valence-corrected chi connectivity index (χ3v) is 5.94. The minimum absolute atomic E-state index is 0.227. The number of amides is 1. The summed E-state index contributed by atoms with van der Waals surface area (Å²) in [6.45, 7) is 6.84. The second kappa shape index (κ2) is 8.63. The largest absolute Gasteiger partial charge is 0.404 e. The average Bonchev–Trinajstić information content (AvgIpc) is 2.78. The van der Waals surface area contributed by atoms with Gasteiger partial charge in [0, 0.05) is 42.2 Å². The fraction of sp³-hybridized carbons (Fsp3) is 0.280. The molecule has 6 N–H and O–H groups in total. The fourth-order valence-corrected chi connectivity index (χ4v) is 4.09. The van der Waals surface area contributed by atoms with Crippen LogP contribution < -0.4 is 21.7 Å². The van der Waals surface area contributed by atoms with E-state index in [2.05, 4.69) is 26.3 Å². The van der Waals surface area contributed by atoms with E-state index in [4.69, 9.17) is 16.9 Å². The number of allylic oxidation sites excluding steroid dienone is 1. The molecule has 8 heteroatoms. The van der Waals surface area contributed by atoms with Crippen molar-refractivity contribution in [3.8, 4) is 0 Å². The van der Waals surface area contributed by atoms with Gasteiger partial charge in [0.05, 0.1) is 11.1 Å². The maximum Gasteiger partial charge on any atom is 0.243 e. The summed E-state index contributed by atoms with van der Waals surface area (Å²) in [5, 5.41) is 11.5. The van der Waals surface area contributed by atoms with Crippen molar-refractivity contribution in [2.24, 2.45) is 11.5 Å². The second-order valence-corrected chi connectivity index (χ2v) is 8.98. The lowest BCUT2D eigenvalue weighted by atomic mass is 9.97. The molecule has 0 saturated carbocycles. The van der Waals surface area contributed by atoms with Gasteiger partial charge < -0.3 is 27.1 Å². The van der Waals surface area contributed by atoms with Crippen LogP contribution in [0.5, 0.6) is 0 Å². The van der Waals surface area contributed by atoms with Gasteiger partial charge in [0.15, 0.2) is 0 Å². The van der Waals surface area contributed by atoms with Gasteiger partial charge in [-0.15, -0.1) is 0 Å². The topological polar surface area (TPSA) is 134 Å². The highest BCUT2D eigenvalue weighted by molar-refractivity contribution is 6.10. The molecule has 2 aromatic carbocycles. The molecule has 1 aromatic heterocycles. The molecule has 0 unspecified atom stereocenters. The maximum absolute atomic E-state index is 12.3. The number of nitrogens with one attached hydrogen (secondary N) is 2. The van der Waals surface area contributed by atoms with E-state index in [1.165, 1.54) is 18.0 Å². The summed E-state index contributed by atoms with van der Waals surface area (Å²) >= 11 is 0. The number of aryl methyl sites for hydroxylation is 1. The van der Waals surface area contributed by atoms with Crippen LogP contribution in [0.3, 0.4) is 0 Å². The highest BCUT2D eigenvalue weighted by Gasteiger charge is 2.24. The Bertz CT molecular complexity index is 1270. The van der Waals surface area contributed by atoms with E-state index in [-0.39, 0.29) is 5.91 Å². The number of aromatic nitrogens is 2. The second-order valence-electron chi connectivity index (χ2n) is 8.98. The lowest BCUT2D eigenvalue weighted by Crippen LogP contribution is -2.45. The van der Waals surface area contributed by atoms with Crippen LogP contribution in [0.1, 0.15) is 36.1 Å². The number of nitrogens with zero attached hydrogens (tertiary/aromatic N) is 3. The summed E-state index contributed by atoms with van der Waals surface area (Å²) in [7, 11) is 0. The van der Waals surface area contributed by atoms with E-state index in [0.29, 0.717) is 12.1 Å². The minimum Gasteiger partial charge on any atom is -0.404 e. The Morgan fingerprint density at radius 2 is 2.00 bits per heavy atom. The van der Waals surface area contributed by atoms with Gasteiger partial charge in [0.25, 0.3) is 0 Å². The zero-order chi connectivity index (χ0) is 23.8. The Morgan fingerprint density at radius 3 is 2.70 bits per heavy atom. The Kier molecular flexibility index (Phi) is 5.86. The van der Waals surface area contributed by atoms with Crippen molar-refractivity contribution in [1.82, 2.24) is 9.97 Å². The molecule has 1 amide bonds. The third-order valence-electron chi connectivity index (χ3n) is 5.94. The molecule has 4 rings (SSSR count). The average molecular weight is 444 g/mol. The molecule has 0 aliphatic carbocycles. The molecule has 170 valence electrons. The number of hydrogen-bond acceptors (Lipinski definition) is 7. The van der Waals surface area contributed by atoms with Crippen LogP contribution in [0.2, 0.25) is 0 Å². The zero-order valence-electron chi connectivity index (χ0n) is 19.1. The molecule has 8 nitrogen and oxygen atoms in total. The van der Waals surface area contributed by atoms with Gasteiger partial charge in [-0.1, -0.05) is 6.07 Å². The predicted octanol–water partition coefficient (Wildman–Crippen LogP) is 3.13. The van der Waals surface area contributed by atoms with Crippen LogP contribution in [0.25, 0.3) is 16.5 Å². The third kappa shape index (κ3) is 4.42. The Hall–Kier alpha value is -3.78. The fourth-order valence-electron chi connectivity index (χ4n) is 4.09. The van der Waals surface area contributed by atoms with Gasteiger partial charge in [0.1, 0.15) is 12.1 Å². The highest BCUT2D eigenvalue weighted by atomic mass is 16.2. The molecule has 0 radical (unpaired) electrons. The van der Waals surface area contributed by atoms with E-state index in [9.17, 15) is 4.79 Å². The van der Waals surface area contributed by atoms with Crippen molar-refractivity contribution < 1.29 is 4.79 Å². The minimum atomic E-state index is -0.954. The number of carbonyl (C=O) groups excluding carboxylic acids is 1. The molecule has 33 heavy (non-hydrogen) atoms. The number of benzene rings is 2. The van der Waals surface area contributed by atoms with Crippen LogP contribution >= 0.6 is 0 Å². The van der Waals surface area contributed by atoms with Crippen LogP contribution in [-0.4, -0.2) is 34.2 Å². The zero-order valence-corrected chi connectivity index (χ0v) is 19.1. The highest BCUT2D eigenvalue weighted by Crippen LogP contribution is 2.32. The Balaban J connectivity index is 1.70. The monoisotopic (exact) mass is 443 g/mol.